The first-order chi connectivity index (χ1) is 42.1. The molecule has 94 heavy (non-hydrogen) atoms. The zero-order valence-corrected chi connectivity index (χ0v) is 65.8. The Morgan fingerprint density at radius 1 is 0.521 bits per heavy atom. The highest BCUT2D eigenvalue weighted by Gasteiger charge is 2.39. The second-order valence-electron chi connectivity index (χ2n) is 33.0. The summed E-state index contributed by atoms with van der Waals surface area (Å²) < 4.78 is 149. The Morgan fingerprint density at radius 3 is 1.17 bits per heavy atom. The van der Waals surface area contributed by atoms with Crippen molar-refractivity contribution in [2.45, 2.75) is 256 Å². The van der Waals surface area contributed by atoms with Gasteiger partial charge >= 0.3 is 19.0 Å². The van der Waals surface area contributed by atoms with Crippen LogP contribution in [0.25, 0.3) is 0 Å². The molecular formula is C70H138F8N6O8S2. The highest BCUT2D eigenvalue weighted by Crippen LogP contribution is 2.36. The Labute approximate surface area is 569 Å². The summed E-state index contributed by atoms with van der Waals surface area (Å²) in [4.78, 5) is 42.3. The smallest absolute Gasteiger partial charge is 0.342 e. The zero-order chi connectivity index (χ0) is 74.8. The van der Waals surface area contributed by atoms with Crippen LogP contribution in [-0.2, 0) is 39.2 Å². The molecular weight excluding hydrogens is 1270 g/mol. The van der Waals surface area contributed by atoms with E-state index in [1.54, 1.807) is 7.05 Å². The molecule has 14 nitrogen and oxygen atoms in total. The predicted molar refractivity (Wildman–Crippen MR) is 371 cm³/mol. The van der Waals surface area contributed by atoms with Crippen LogP contribution in [-0.4, -0.2) is 186 Å². The summed E-state index contributed by atoms with van der Waals surface area (Å²) in [6.07, 6.45) is 2.95. The lowest BCUT2D eigenvalue weighted by Gasteiger charge is -2.39. The first-order valence-electron chi connectivity index (χ1n) is 34.5. The number of carbonyl (C=O) groups excluding carboxylic acids is 3. The molecule has 1 saturated carbocycles. The van der Waals surface area contributed by atoms with Gasteiger partial charge in [-0.25, -0.2) is 21.1 Å². The lowest BCUT2D eigenvalue weighted by molar-refractivity contribution is -0.162. The topological polar surface area (TPSA) is 148 Å². The molecule has 3 amide bonds. The summed E-state index contributed by atoms with van der Waals surface area (Å²) in [5.74, 6) is 2.56. The molecule has 0 bridgehead atoms. The van der Waals surface area contributed by atoms with Crippen LogP contribution >= 0.6 is 0 Å². The van der Waals surface area contributed by atoms with Gasteiger partial charge in [0, 0.05) is 91.8 Å². The third-order valence-corrected chi connectivity index (χ3v) is 21.5. The molecule has 6 unspecified atom stereocenters. The Balaban J connectivity index is -0.00000106. The van der Waals surface area contributed by atoms with E-state index in [0.29, 0.717) is 57.7 Å². The maximum atomic E-state index is 12.4. The third kappa shape index (κ3) is 43.2. The number of amides is 3. The van der Waals surface area contributed by atoms with Crippen molar-refractivity contribution in [1.82, 2.24) is 28.2 Å². The van der Waals surface area contributed by atoms with Crippen molar-refractivity contribution in [3.05, 3.63) is 0 Å². The molecule has 2 aliphatic heterocycles. The number of nitrogens with zero attached hydrogens (tertiary/aromatic N) is 6. The first kappa shape index (κ1) is 95.8. The van der Waals surface area contributed by atoms with Crippen LogP contribution in [0.4, 0.5) is 35.1 Å². The van der Waals surface area contributed by atoms with Crippen molar-refractivity contribution < 1.29 is 71.1 Å². The van der Waals surface area contributed by atoms with Gasteiger partial charge in [-0.1, -0.05) is 205 Å². The SMILES string of the molecule is CCC(CN(C)S(C)(=O)=O)C(C)(C)C.CCC(CN(CC(F)(F)F)C(C)=O)C(C)(C)C.CCC(CN(CC(F)(F)F)S(C)(=O)=O)C(C)(C)C.CCC(CN1CCCC1=O)C(C)(C)C.CCC(CN1CCN(C(=O)C2CC2)CC1)C(C)(C)C.CCC(COC(F)F)C(C)(C)C. The minimum Gasteiger partial charge on any atom is -0.342 e. The number of alkyl halides is 8. The Morgan fingerprint density at radius 2 is 0.883 bits per heavy atom. The van der Waals surface area contributed by atoms with Gasteiger partial charge in [0.1, 0.15) is 13.1 Å². The van der Waals surface area contributed by atoms with E-state index < -0.39 is 58.0 Å². The van der Waals surface area contributed by atoms with E-state index in [1.165, 1.54) is 30.5 Å². The fraction of sp³-hybridized carbons (Fsp3) is 0.957. The normalized spacial score (nSPS) is 17.8. The quantitative estimate of drug-likeness (QED) is 0.0861. The molecule has 1 aliphatic carbocycles. The molecule has 0 spiro atoms. The van der Waals surface area contributed by atoms with Crippen molar-refractivity contribution in [2.24, 2.45) is 73.9 Å². The van der Waals surface area contributed by atoms with Gasteiger partial charge in [-0.2, -0.15) is 39.4 Å². The number of likely N-dealkylation sites (tertiary alicyclic amines) is 1. The maximum Gasteiger partial charge on any atom is 0.406 e. The lowest BCUT2D eigenvalue weighted by atomic mass is 9.79. The van der Waals surface area contributed by atoms with Gasteiger partial charge in [0.05, 0.1) is 19.1 Å². The van der Waals surface area contributed by atoms with Gasteiger partial charge in [-0.3, -0.25) is 19.3 Å². The highest BCUT2D eigenvalue weighted by molar-refractivity contribution is 7.88. The van der Waals surface area contributed by atoms with Crippen molar-refractivity contribution in [3.63, 3.8) is 0 Å². The van der Waals surface area contributed by atoms with Gasteiger partial charge in [0.15, 0.2) is 0 Å². The van der Waals surface area contributed by atoms with E-state index in [4.69, 9.17) is 0 Å². The van der Waals surface area contributed by atoms with Crippen molar-refractivity contribution in [3.8, 4) is 0 Å². The fourth-order valence-corrected chi connectivity index (χ4v) is 12.7. The number of ether oxygens (including phenoxy) is 1. The standard InChI is InChI=1S/C16H30N2O.C12H22F3NO.C12H23NO.C11H22F3NO2S.C10H23NO2S.C9H18F2O/c1-5-14(16(2,3)4)12-17-8-10-18(11-9-17)15(19)13-6-7-13;1-6-10(11(3,4)5)7-16(9(2)17)8-12(13,14)15;1-5-10(12(2,3)4)9-13-8-6-7-11(13)14;1-6-9(10(2,3)4)7-15(18(5,16)17)8-11(12,13)14;1-7-9(10(2,3)4)8-11(5)14(6,12)13;1-5-7(9(2,3)4)6-12-8(10)11/h13-14H,5-12H2,1-4H3;10H,6-8H2,1-5H3;10H,5-9H2,1-4H3;9H,6-8H2,1-5H3;9H,7-8H2,1-6H3;7-8H,5-6H2,1-4H3. The van der Waals surface area contributed by atoms with Crippen LogP contribution in [0, 0.1) is 73.9 Å². The van der Waals surface area contributed by atoms with Gasteiger partial charge in [0.2, 0.25) is 37.8 Å². The molecule has 0 aromatic heterocycles. The van der Waals surface area contributed by atoms with Crippen LogP contribution in [0.3, 0.4) is 0 Å². The second kappa shape index (κ2) is 41.4. The Bertz CT molecular complexity index is 2350. The molecule has 2 heterocycles. The molecule has 0 radical (unpaired) electrons. The van der Waals surface area contributed by atoms with Crippen LogP contribution in [0.5, 0.6) is 0 Å². The van der Waals surface area contributed by atoms with Crippen LogP contribution in [0.2, 0.25) is 0 Å². The average molecular weight is 1410 g/mol. The van der Waals surface area contributed by atoms with Crippen molar-refractivity contribution in [1.29, 1.82) is 0 Å². The number of sulfonamides is 2. The van der Waals surface area contributed by atoms with Crippen molar-refractivity contribution in [2.75, 3.05) is 105 Å². The minimum absolute atomic E-state index is 0.0453. The van der Waals surface area contributed by atoms with E-state index in [-0.39, 0.29) is 59.1 Å². The first-order valence-corrected chi connectivity index (χ1v) is 38.2. The van der Waals surface area contributed by atoms with Crippen LogP contribution in [0.15, 0.2) is 0 Å². The zero-order valence-electron chi connectivity index (χ0n) is 64.2. The Hall–Kier alpha value is -2.41. The molecule has 24 heteroatoms. The number of hydrogen-bond donors (Lipinski definition) is 0. The number of carbonyl (C=O) groups is 3. The van der Waals surface area contributed by atoms with Gasteiger partial charge in [0.25, 0.3) is 0 Å². The predicted octanol–water partition coefficient (Wildman–Crippen LogP) is 16.9. The molecule has 0 aromatic carbocycles. The monoisotopic (exact) mass is 1410 g/mol. The molecule has 2 saturated heterocycles. The molecule has 6 atom stereocenters. The van der Waals surface area contributed by atoms with Crippen molar-refractivity contribution >= 4 is 37.8 Å². The van der Waals surface area contributed by atoms with E-state index in [9.17, 15) is 66.3 Å². The summed E-state index contributed by atoms with van der Waals surface area (Å²) in [5, 5.41) is 0. The summed E-state index contributed by atoms with van der Waals surface area (Å²) >= 11 is 0. The van der Waals surface area contributed by atoms with Gasteiger partial charge in [-0.15, -0.1) is 0 Å². The number of piperazine rings is 1. The van der Waals surface area contributed by atoms with E-state index in [0.717, 1.165) is 108 Å². The third-order valence-electron chi connectivity index (χ3n) is 19.0. The fourth-order valence-electron chi connectivity index (χ4n) is 11.5. The van der Waals surface area contributed by atoms with Crippen LogP contribution < -0.4 is 0 Å². The van der Waals surface area contributed by atoms with Crippen LogP contribution in [0.1, 0.15) is 237 Å². The van der Waals surface area contributed by atoms with Gasteiger partial charge in [-0.05, 0) is 87.3 Å². The Kier molecular flexibility index (Phi) is 42.1. The van der Waals surface area contributed by atoms with E-state index in [2.05, 4.69) is 97.6 Å². The van der Waals surface area contributed by atoms with Gasteiger partial charge < -0.3 is 19.4 Å². The number of rotatable bonds is 24. The molecule has 564 valence electrons. The number of halogens is 8. The second-order valence-corrected chi connectivity index (χ2v) is 37.1. The summed E-state index contributed by atoms with van der Waals surface area (Å²) in [6.45, 7) is 54.3. The molecule has 3 aliphatic rings. The summed E-state index contributed by atoms with van der Waals surface area (Å²) in [5.41, 5.74) is 0.571. The molecule has 0 N–H and O–H groups in total. The molecule has 3 fully saturated rings. The summed E-state index contributed by atoms with van der Waals surface area (Å²) in [6, 6.07) is 0. The van der Waals surface area contributed by atoms with E-state index >= 15 is 0 Å². The summed E-state index contributed by atoms with van der Waals surface area (Å²) in [7, 11) is -5.24. The molecule has 3 rings (SSSR count). The largest absolute Gasteiger partial charge is 0.406 e. The number of hydrogen-bond acceptors (Lipinski definition) is 9. The lowest BCUT2D eigenvalue weighted by Crippen LogP contribution is -2.51. The highest BCUT2D eigenvalue weighted by atomic mass is 32.2. The minimum atomic E-state index is -4.51. The molecule has 0 aromatic rings. The maximum absolute atomic E-state index is 12.4. The average Bonchev–Trinajstić information content (AvgIpc) is 1.37. The van der Waals surface area contributed by atoms with E-state index in [1.807, 2.05) is 88.0 Å².